The van der Waals surface area contributed by atoms with Crippen molar-refractivity contribution < 1.29 is 0 Å². The zero-order valence-electron chi connectivity index (χ0n) is 34.3. The van der Waals surface area contributed by atoms with Crippen LogP contribution >= 0.6 is 0 Å². The number of nitrogens with zero attached hydrogens (tertiary/aromatic N) is 1. The van der Waals surface area contributed by atoms with Crippen LogP contribution in [0.1, 0.15) is 47.2 Å². The van der Waals surface area contributed by atoms with Gasteiger partial charge in [-0.1, -0.05) is 188 Å². The molecule has 61 heavy (non-hydrogen) atoms. The number of anilines is 3. The molecule has 10 aromatic rings. The second kappa shape index (κ2) is 13.5. The molecule has 0 aliphatic heterocycles. The summed E-state index contributed by atoms with van der Waals surface area (Å²) in [6.45, 7) is 4.81. The molecule has 0 fully saturated rings. The highest BCUT2D eigenvalue weighted by atomic mass is 15.1. The van der Waals surface area contributed by atoms with Gasteiger partial charge in [-0.3, -0.25) is 0 Å². The molecule has 1 nitrogen and oxygen atoms in total. The van der Waals surface area contributed by atoms with Crippen molar-refractivity contribution in [2.45, 2.75) is 24.7 Å². The van der Waals surface area contributed by atoms with Crippen molar-refractivity contribution in [3.8, 4) is 33.4 Å². The van der Waals surface area contributed by atoms with E-state index in [1.54, 1.807) is 0 Å². The number of fused-ring (bicyclic) bond motifs is 9. The first-order valence-corrected chi connectivity index (χ1v) is 21.4. The van der Waals surface area contributed by atoms with E-state index in [0.29, 0.717) is 0 Å². The summed E-state index contributed by atoms with van der Waals surface area (Å²) in [6.07, 6.45) is 0. The molecular formula is C60H43N. The van der Waals surface area contributed by atoms with Crippen LogP contribution in [-0.4, -0.2) is 0 Å². The van der Waals surface area contributed by atoms with Gasteiger partial charge in [0.15, 0.2) is 0 Å². The molecule has 2 atom stereocenters. The molecule has 0 radical (unpaired) electrons. The summed E-state index contributed by atoms with van der Waals surface area (Å²) in [5.41, 5.74) is 18.3. The van der Waals surface area contributed by atoms with Gasteiger partial charge in [-0.15, -0.1) is 0 Å². The fourth-order valence-electron chi connectivity index (χ4n) is 10.9. The van der Waals surface area contributed by atoms with Crippen molar-refractivity contribution in [3.05, 3.63) is 258 Å². The Morgan fingerprint density at radius 3 is 1.62 bits per heavy atom. The van der Waals surface area contributed by atoms with Crippen LogP contribution in [0.3, 0.4) is 0 Å². The molecule has 2 unspecified atom stereocenters. The van der Waals surface area contributed by atoms with Crippen LogP contribution in [0.4, 0.5) is 17.1 Å². The molecule has 0 heterocycles. The monoisotopic (exact) mass is 777 g/mol. The van der Waals surface area contributed by atoms with E-state index in [0.717, 1.165) is 11.4 Å². The summed E-state index contributed by atoms with van der Waals surface area (Å²) in [4.78, 5) is 2.51. The van der Waals surface area contributed by atoms with E-state index in [1.165, 1.54) is 94.0 Å². The standard InChI is InChI=1S/C60H43N/c1-59(44-17-5-3-6-18-44)54-25-14-12-23-52(54)58-55(59)26-15-27-57(58)61(46-33-30-40(31-34-46)42-32-36-49-43(38-42)29-28-41-16-9-10-21-48(41)49)47-35-37-51-50-22-11-13-24-53(50)60(2,56(51)39-47)45-19-7-4-8-20-45/h3-39H,1-2H3. The molecule has 0 spiro atoms. The fraction of sp³-hybridized carbons (Fsp3) is 0.0667. The maximum Gasteiger partial charge on any atom is 0.0543 e. The quantitative estimate of drug-likeness (QED) is 0.152. The van der Waals surface area contributed by atoms with Crippen LogP contribution in [-0.2, 0) is 10.8 Å². The molecule has 12 rings (SSSR count). The second-order valence-corrected chi connectivity index (χ2v) is 17.1. The Kier molecular flexibility index (Phi) is 7.86. The number of benzene rings is 10. The summed E-state index contributed by atoms with van der Waals surface area (Å²) in [7, 11) is 0. The Labute approximate surface area is 357 Å². The Hall–Kier alpha value is -7.48. The molecule has 10 aromatic carbocycles. The number of hydrogen-bond donors (Lipinski definition) is 0. The normalized spacial score (nSPS) is 17.1. The molecule has 2 aliphatic carbocycles. The topological polar surface area (TPSA) is 3.24 Å². The van der Waals surface area contributed by atoms with Crippen molar-refractivity contribution >= 4 is 38.6 Å². The van der Waals surface area contributed by atoms with E-state index in [2.05, 4.69) is 243 Å². The first kappa shape index (κ1) is 35.5. The Bertz CT molecular complexity index is 3330. The minimum Gasteiger partial charge on any atom is -0.310 e. The smallest absolute Gasteiger partial charge is 0.0543 e. The van der Waals surface area contributed by atoms with E-state index in [9.17, 15) is 0 Å². The van der Waals surface area contributed by atoms with Crippen molar-refractivity contribution in [2.24, 2.45) is 0 Å². The van der Waals surface area contributed by atoms with E-state index >= 15 is 0 Å². The van der Waals surface area contributed by atoms with Crippen LogP contribution in [0.5, 0.6) is 0 Å². The van der Waals surface area contributed by atoms with Gasteiger partial charge in [-0.2, -0.15) is 0 Å². The molecule has 0 saturated carbocycles. The lowest BCUT2D eigenvalue weighted by molar-refractivity contribution is 0.713. The third kappa shape index (κ3) is 5.20. The summed E-state index contributed by atoms with van der Waals surface area (Å²) >= 11 is 0. The van der Waals surface area contributed by atoms with Crippen LogP contribution in [0, 0.1) is 0 Å². The first-order valence-electron chi connectivity index (χ1n) is 21.4. The van der Waals surface area contributed by atoms with Gasteiger partial charge >= 0.3 is 0 Å². The fourth-order valence-corrected chi connectivity index (χ4v) is 10.9. The van der Waals surface area contributed by atoms with Gasteiger partial charge in [0, 0.05) is 27.8 Å². The van der Waals surface area contributed by atoms with Crippen LogP contribution in [0.2, 0.25) is 0 Å². The van der Waals surface area contributed by atoms with E-state index < -0.39 is 0 Å². The van der Waals surface area contributed by atoms with Gasteiger partial charge in [0.25, 0.3) is 0 Å². The molecule has 2 aliphatic rings. The molecule has 0 saturated heterocycles. The van der Waals surface area contributed by atoms with Crippen LogP contribution in [0.15, 0.2) is 224 Å². The van der Waals surface area contributed by atoms with E-state index in [-0.39, 0.29) is 10.8 Å². The third-order valence-electron chi connectivity index (χ3n) is 14.0. The van der Waals surface area contributed by atoms with Gasteiger partial charge in [0.1, 0.15) is 0 Å². The third-order valence-corrected chi connectivity index (χ3v) is 14.0. The van der Waals surface area contributed by atoms with Crippen molar-refractivity contribution in [2.75, 3.05) is 4.90 Å². The van der Waals surface area contributed by atoms with Crippen LogP contribution in [0.25, 0.3) is 54.9 Å². The molecular weight excluding hydrogens is 735 g/mol. The Morgan fingerprint density at radius 2 is 0.869 bits per heavy atom. The number of hydrogen-bond acceptors (Lipinski definition) is 1. The zero-order chi connectivity index (χ0) is 40.7. The molecule has 1 heteroatoms. The number of rotatable bonds is 6. The van der Waals surface area contributed by atoms with E-state index in [4.69, 9.17) is 0 Å². The Balaban J connectivity index is 1.06. The lowest BCUT2D eigenvalue weighted by Crippen LogP contribution is -2.23. The predicted octanol–water partition coefficient (Wildman–Crippen LogP) is 15.8. The second-order valence-electron chi connectivity index (χ2n) is 17.1. The highest BCUT2D eigenvalue weighted by molar-refractivity contribution is 6.08. The first-order chi connectivity index (χ1) is 30.0. The van der Waals surface area contributed by atoms with Gasteiger partial charge in [-0.05, 0) is 133 Å². The molecule has 0 N–H and O–H groups in total. The average molecular weight is 778 g/mol. The zero-order valence-corrected chi connectivity index (χ0v) is 34.3. The maximum absolute atomic E-state index is 2.51. The van der Waals surface area contributed by atoms with Crippen molar-refractivity contribution in [1.29, 1.82) is 0 Å². The summed E-state index contributed by atoms with van der Waals surface area (Å²) in [6, 6.07) is 83.5. The highest BCUT2D eigenvalue weighted by Gasteiger charge is 2.44. The van der Waals surface area contributed by atoms with Gasteiger partial charge in [-0.25, -0.2) is 0 Å². The summed E-state index contributed by atoms with van der Waals surface area (Å²) in [5.74, 6) is 0. The minimum absolute atomic E-state index is 0.314. The van der Waals surface area contributed by atoms with Gasteiger partial charge < -0.3 is 4.90 Å². The molecule has 0 bridgehead atoms. The SMILES string of the molecule is CC1(c2ccccc2)c2ccccc2-c2ccc(N(c3ccc(-c4ccc5c(ccc6ccccc65)c4)cc3)c3cccc4c3-c3ccccc3C4(C)c3ccccc3)cc21. The average Bonchev–Trinajstić information content (AvgIpc) is 3.75. The lowest BCUT2D eigenvalue weighted by atomic mass is 9.74. The summed E-state index contributed by atoms with van der Waals surface area (Å²) in [5, 5.41) is 5.10. The molecule has 0 aromatic heterocycles. The minimum atomic E-state index is -0.322. The summed E-state index contributed by atoms with van der Waals surface area (Å²) < 4.78 is 0. The lowest BCUT2D eigenvalue weighted by Gasteiger charge is -2.32. The predicted molar refractivity (Wildman–Crippen MR) is 256 cm³/mol. The largest absolute Gasteiger partial charge is 0.310 e. The van der Waals surface area contributed by atoms with Crippen molar-refractivity contribution in [1.82, 2.24) is 0 Å². The maximum atomic E-state index is 2.51. The van der Waals surface area contributed by atoms with Crippen LogP contribution < -0.4 is 4.90 Å². The highest BCUT2D eigenvalue weighted by Crippen LogP contribution is 2.58. The Morgan fingerprint density at radius 1 is 0.328 bits per heavy atom. The van der Waals surface area contributed by atoms with E-state index in [1.807, 2.05) is 0 Å². The molecule has 288 valence electrons. The van der Waals surface area contributed by atoms with Gasteiger partial charge in [0.2, 0.25) is 0 Å². The molecule has 0 amide bonds. The van der Waals surface area contributed by atoms with Crippen molar-refractivity contribution in [3.63, 3.8) is 0 Å². The van der Waals surface area contributed by atoms with Gasteiger partial charge in [0.05, 0.1) is 5.69 Å².